The molecule has 7 nitrogen and oxygen atoms in total. The summed E-state index contributed by atoms with van der Waals surface area (Å²) in [6, 6.07) is 15.8. The topological polar surface area (TPSA) is 67.2 Å². The molecule has 7 heteroatoms. The van der Waals surface area contributed by atoms with Crippen molar-refractivity contribution in [3.63, 3.8) is 0 Å². The zero-order valence-electron chi connectivity index (χ0n) is 18.1. The van der Waals surface area contributed by atoms with Crippen molar-refractivity contribution in [2.75, 3.05) is 31.6 Å². The average Bonchev–Trinajstić information content (AvgIpc) is 3.29. The maximum absolute atomic E-state index is 13.0. The summed E-state index contributed by atoms with van der Waals surface area (Å²) in [5.74, 6) is 1.27. The average molecular weight is 427 g/mol. The van der Waals surface area contributed by atoms with Gasteiger partial charge in [0.1, 0.15) is 12.1 Å². The molecule has 0 atom stereocenters. The number of fused-ring (bicyclic) bond motifs is 1. The van der Waals surface area contributed by atoms with E-state index in [1.807, 2.05) is 65.3 Å². The van der Waals surface area contributed by atoms with E-state index >= 15 is 0 Å². The fraction of sp³-hybridized carbons (Fsp3) is 0.280. The van der Waals surface area contributed by atoms with Crippen LogP contribution in [0.3, 0.4) is 0 Å². The SMILES string of the molecule is CN(CC1CCN(c2ccncc2)CC1)C(=O)c1ccc(-n2cnc3ccccc32)nc1. The quantitative estimate of drug-likeness (QED) is 0.486. The van der Waals surface area contributed by atoms with E-state index in [0.29, 0.717) is 11.5 Å². The number of carbonyl (C=O) groups is 1. The molecule has 0 radical (unpaired) electrons. The largest absolute Gasteiger partial charge is 0.371 e. The third-order valence-corrected chi connectivity index (χ3v) is 6.22. The number of hydrogen-bond donors (Lipinski definition) is 0. The molecule has 1 aromatic carbocycles. The van der Waals surface area contributed by atoms with Crippen molar-refractivity contribution in [1.82, 2.24) is 24.4 Å². The number of pyridine rings is 2. The van der Waals surface area contributed by atoms with E-state index in [1.165, 1.54) is 5.69 Å². The van der Waals surface area contributed by atoms with Gasteiger partial charge in [-0.25, -0.2) is 9.97 Å². The Hall–Kier alpha value is -3.74. The Bertz CT molecular complexity index is 1200. The van der Waals surface area contributed by atoms with Gasteiger partial charge >= 0.3 is 0 Å². The standard InChI is InChI=1S/C25H26N6O/c1-29(17-19-10-14-30(15-11-19)21-8-12-26-13-9-21)25(32)20-6-7-24(27-16-20)31-18-28-22-4-2-3-5-23(22)31/h2-9,12-13,16,18-19H,10-11,14-15,17H2,1H3. The normalized spacial score (nSPS) is 14.6. The third kappa shape index (κ3) is 4.06. The smallest absolute Gasteiger partial charge is 0.255 e. The van der Waals surface area contributed by atoms with E-state index in [4.69, 9.17) is 0 Å². The number of rotatable bonds is 5. The molecule has 1 aliphatic rings. The number of carbonyl (C=O) groups excluding carboxylic acids is 1. The summed E-state index contributed by atoms with van der Waals surface area (Å²) >= 11 is 0. The Labute approximate surface area is 187 Å². The highest BCUT2D eigenvalue weighted by molar-refractivity contribution is 5.93. The second kappa shape index (κ2) is 8.78. The van der Waals surface area contributed by atoms with Gasteiger partial charge in [0, 0.05) is 51.0 Å². The zero-order valence-corrected chi connectivity index (χ0v) is 18.1. The summed E-state index contributed by atoms with van der Waals surface area (Å²) in [7, 11) is 1.88. The highest BCUT2D eigenvalue weighted by Crippen LogP contribution is 2.24. The van der Waals surface area contributed by atoms with Crippen LogP contribution in [-0.4, -0.2) is 57.0 Å². The van der Waals surface area contributed by atoms with Crippen molar-refractivity contribution >= 4 is 22.6 Å². The number of para-hydroxylation sites is 2. The Morgan fingerprint density at radius 2 is 1.81 bits per heavy atom. The van der Waals surface area contributed by atoms with Crippen LogP contribution < -0.4 is 4.90 Å². The number of amides is 1. The van der Waals surface area contributed by atoms with Gasteiger partial charge in [-0.3, -0.25) is 14.3 Å². The molecule has 0 saturated carbocycles. The summed E-state index contributed by atoms with van der Waals surface area (Å²) in [6.45, 7) is 2.77. The summed E-state index contributed by atoms with van der Waals surface area (Å²) in [5.41, 5.74) is 3.74. The van der Waals surface area contributed by atoms with Gasteiger partial charge in [0.15, 0.2) is 0 Å². The Morgan fingerprint density at radius 3 is 2.56 bits per heavy atom. The van der Waals surface area contributed by atoms with Crippen LogP contribution in [0.2, 0.25) is 0 Å². The van der Waals surface area contributed by atoms with Crippen LogP contribution >= 0.6 is 0 Å². The van der Waals surface area contributed by atoms with E-state index < -0.39 is 0 Å². The molecule has 0 bridgehead atoms. The minimum absolute atomic E-state index is 0.0103. The summed E-state index contributed by atoms with van der Waals surface area (Å²) in [5, 5.41) is 0. The maximum Gasteiger partial charge on any atom is 0.255 e. The van der Waals surface area contributed by atoms with E-state index in [1.54, 1.807) is 12.5 Å². The molecular formula is C25H26N6O. The van der Waals surface area contributed by atoms with Gasteiger partial charge in [-0.15, -0.1) is 0 Å². The van der Waals surface area contributed by atoms with E-state index in [2.05, 4.69) is 32.0 Å². The molecule has 1 amide bonds. The zero-order chi connectivity index (χ0) is 21.9. The molecular weight excluding hydrogens is 400 g/mol. The van der Waals surface area contributed by atoms with Crippen LogP contribution in [0.15, 0.2) is 73.4 Å². The second-order valence-electron chi connectivity index (χ2n) is 8.33. The lowest BCUT2D eigenvalue weighted by atomic mass is 9.95. The van der Waals surface area contributed by atoms with Crippen molar-refractivity contribution < 1.29 is 4.79 Å². The van der Waals surface area contributed by atoms with Crippen molar-refractivity contribution in [2.45, 2.75) is 12.8 Å². The van der Waals surface area contributed by atoms with Crippen LogP contribution in [0, 0.1) is 5.92 Å². The van der Waals surface area contributed by atoms with Crippen LogP contribution in [0.5, 0.6) is 0 Å². The molecule has 0 unspecified atom stereocenters. The Morgan fingerprint density at radius 1 is 1.03 bits per heavy atom. The monoisotopic (exact) mass is 426 g/mol. The molecule has 32 heavy (non-hydrogen) atoms. The first-order valence-electron chi connectivity index (χ1n) is 11.0. The highest BCUT2D eigenvalue weighted by atomic mass is 16.2. The second-order valence-corrected chi connectivity index (χ2v) is 8.33. The molecule has 3 aromatic heterocycles. The number of piperidine rings is 1. The molecule has 4 heterocycles. The van der Waals surface area contributed by atoms with Crippen LogP contribution in [0.25, 0.3) is 16.9 Å². The highest BCUT2D eigenvalue weighted by Gasteiger charge is 2.23. The van der Waals surface area contributed by atoms with Gasteiger partial charge < -0.3 is 9.80 Å². The summed E-state index contributed by atoms with van der Waals surface area (Å²) < 4.78 is 1.93. The molecule has 1 saturated heterocycles. The van der Waals surface area contributed by atoms with Gasteiger partial charge in [-0.05, 0) is 55.2 Å². The van der Waals surface area contributed by atoms with Gasteiger partial charge in [0.05, 0.1) is 16.6 Å². The first-order chi connectivity index (χ1) is 15.7. The van der Waals surface area contributed by atoms with Crippen molar-refractivity contribution in [2.24, 2.45) is 5.92 Å². The van der Waals surface area contributed by atoms with Gasteiger partial charge in [-0.2, -0.15) is 0 Å². The molecule has 0 N–H and O–H groups in total. The molecule has 1 fully saturated rings. The molecule has 0 aliphatic carbocycles. The fourth-order valence-corrected chi connectivity index (χ4v) is 4.42. The summed E-state index contributed by atoms with van der Waals surface area (Å²) in [6.07, 6.45) is 9.24. The number of imidazole rings is 1. The van der Waals surface area contributed by atoms with E-state index in [-0.39, 0.29) is 5.91 Å². The van der Waals surface area contributed by atoms with Gasteiger partial charge in [0.2, 0.25) is 0 Å². The minimum Gasteiger partial charge on any atom is -0.371 e. The number of nitrogens with zero attached hydrogens (tertiary/aromatic N) is 6. The predicted octanol–water partition coefficient (Wildman–Crippen LogP) is 3.80. The maximum atomic E-state index is 13.0. The van der Waals surface area contributed by atoms with Crippen molar-refractivity contribution in [3.8, 4) is 5.82 Å². The third-order valence-electron chi connectivity index (χ3n) is 6.22. The molecule has 4 aromatic rings. The lowest BCUT2D eigenvalue weighted by Crippen LogP contribution is -2.39. The predicted molar refractivity (Wildman–Crippen MR) is 125 cm³/mol. The Balaban J connectivity index is 1.20. The van der Waals surface area contributed by atoms with Crippen LogP contribution in [0.4, 0.5) is 5.69 Å². The lowest BCUT2D eigenvalue weighted by molar-refractivity contribution is 0.0764. The first-order valence-corrected chi connectivity index (χ1v) is 11.0. The van der Waals surface area contributed by atoms with Crippen molar-refractivity contribution in [3.05, 3.63) is 79.0 Å². The summed E-state index contributed by atoms with van der Waals surface area (Å²) in [4.78, 5) is 30.2. The van der Waals surface area contributed by atoms with Crippen LogP contribution in [0.1, 0.15) is 23.2 Å². The number of aromatic nitrogens is 4. The molecule has 162 valence electrons. The molecule has 0 spiro atoms. The fourth-order valence-electron chi connectivity index (χ4n) is 4.42. The van der Waals surface area contributed by atoms with Crippen LogP contribution in [-0.2, 0) is 0 Å². The van der Waals surface area contributed by atoms with E-state index in [0.717, 1.165) is 49.3 Å². The minimum atomic E-state index is 0.0103. The number of benzene rings is 1. The van der Waals surface area contributed by atoms with E-state index in [9.17, 15) is 4.79 Å². The first kappa shape index (κ1) is 20.2. The molecule has 5 rings (SSSR count). The number of anilines is 1. The Kier molecular flexibility index (Phi) is 5.54. The van der Waals surface area contributed by atoms with Gasteiger partial charge in [0.25, 0.3) is 5.91 Å². The van der Waals surface area contributed by atoms with Gasteiger partial charge in [-0.1, -0.05) is 12.1 Å². The van der Waals surface area contributed by atoms with Crippen molar-refractivity contribution in [1.29, 1.82) is 0 Å². The number of hydrogen-bond acceptors (Lipinski definition) is 5. The molecule has 1 aliphatic heterocycles. The lowest BCUT2D eigenvalue weighted by Gasteiger charge is -2.35.